The molecule has 10 heteroatoms. The summed E-state index contributed by atoms with van der Waals surface area (Å²) in [4.78, 5) is 19.9. The molecular formula is C86H62BBrN6O2. The van der Waals surface area contributed by atoms with Gasteiger partial charge >= 0.3 is 7.12 Å². The summed E-state index contributed by atoms with van der Waals surface area (Å²) in [5.41, 5.74) is 15.0. The molecule has 8 nitrogen and oxygen atoms in total. The fourth-order valence-electron chi connectivity index (χ4n) is 13.9. The van der Waals surface area contributed by atoms with E-state index < -0.39 is 0 Å². The maximum absolute atomic E-state index is 6.29. The fourth-order valence-corrected chi connectivity index (χ4v) is 14.1. The van der Waals surface area contributed by atoms with Crippen LogP contribution in [0.25, 0.3) is 154 Å². The number of para-hydroxylation sites is 2. The predicted octanol–water partition coefficient (Wildman–Crippen LogP) is 21.8. The zero-order valence-corrected chi connectivity index (χ0v) is 54.9. The van der Waals surface area contributed by atoms with Gasteiger partial charge in [-0.25, -0.2) is 19.9 Å². The van der Waals surface area contributed by atoms with Crippen LogP contribution < -0.4 is 5.46 Å². The number of nitrogens with zero attached hydrogens (tertiary/aromatic N) is 6. The van der Waals surface area contributed by atoms with Crippen LogP contribution in [0.1, 0.15) is 27.7 Å². The highest BCUT2D eigenvalue weighted by Gasteiger charge is 2.51. The lowest BCUT2D eigenvalue weighted by molar-refractivity contribution is 0.00578. The summed E-state index contributed by atoms with van der Waals surface area (Å²) >= 11 is 3.43. The number of rotatable bonds is 6. The topological polar surface area (TPSA) is 78.8 Å². The lowest BCUT2D eigenvalue weighted by Gasteiger charge is -2.32. The lowest BCUT2D eigenvalue weighted by atomic mass is 9.78. The van der Waals surface area contributed by atoms with Crippen molar-refractivity contribution in [1.82, 2.24) is 28.7 Å². The molecule has 0 radical (unpaired) electrons. The molecule has 7 heterocycles. The van der Waals surface area contributed by atoms with Crippen molar-refractivity contribution in [3.63, 3.8) is 0 Å². The molecule has 0 saturated carbocycles. The first kappa shape index (κ1) is 58.7. The third-order valence-electron chi connectivity index (χ3n) is 19.4. The van der Waals surface area contributed by atoms with E-state index in [0.29, 0.717) is 0 Å². The second kappa shape index (κ2) is 23.7. The molecule has 18 aromatic rings. The van der Waals surface area contributed by atoms with Crippen molar-refractivity contribution in [2.45, 2.75) is 38.9 Å². The van der Waals surface area contributed by atoms with Gasteiger partial charge in [0, 0.05) is 83.8 Å². The largest absolute Gasteiger partial charge is 0.494 e. The van der Waals surface area contributed by atoms with E-state index in [1.54, 1.807) is 0 Å². The molecule has 19 rings (SSSR count). The fraction of sp³-hybridized carbons (Fsp3) is 0.0698. The highest BCUT2D eigenvalue weighted by atomic mass is 79.9. The summed E-state index contributed by atoms with van der Waals surface area (Å²) in [6.45, 7) is 8.34. The van der Waals surface area contributed by atoms with E-state index in [2.05, 4.69) is 290 Å². The van der Waals surface area contributed by atoms with Gasteiger partial charge in [0.05, 0.1) is 45.0 Å². The number of fused-ring (bicyclic) bond motifs is 18. The molecule has 0 amide bonds. The Hall–Kier alpha value is -11.1. The molecule has 96 heavy (non-hydrogen) atoms. The Morgan fingerprint density at radius 2 is 0.615 bits per heavy atom. The Kier molecular flexibility index (Phi) is 14.5. The van der Waals surface area contributed by atoms with Crippen molar-refractivity contribution in [1.29, 1.82) is 0 Å². The molecule has 0 bridgehead atoms. The standard InChI is InChI=1S/C40H25N3.C33H28BNO2.C13H9BrN2/c1-3-11-32-30(9-1)31-10-2-4-12-33(31)39-38(32)34-13-5-6-14-35(34)42-40(39)29-22-18-27(19-23-29)26-16-20-28(21-17-26)36-25-43-24-8-7-15-37(43)41-36;1-32(2)33(3,4)37-34(36-32)22-19-17-21(18-20-22)31-30-26-14-8-6-12-24(26)23-11-5-7-13-25(23)29(30)27-15-9-10-16-28(27)35-31;14-11-6-4-10(5-7-11)12-9-16-8-2-1-3-13(16)15-12/h1-25H;5-20H,1-4H3;1-9H. The van der Waals surface area contributed by atoms with Crippen LogP contribution in [0.4, 0.5) is 0 Å². The molecule has 0 unspecified atom stereocenters. The second-order valence-corrected chi connectivity index (χ2v) is 26.6. The van der Waals surface area contributed by atoms with Gasteiger partial charge in [0.2, 0.25) is 0 Å². The van der Waals surface area contributed by atoms with Gasteiger partial charge < -0.3 is 18.1 Å². The van der Waals surface area contributed by atoms with Crippen molar-refractivity contribution < 1.29 is 9.31 Å². The summed E-state index contributed by atoms with van der Waals surface area (Å²) in [5, 5.41) is 17.3. The normalized spacial score (nSPS) is 13.5. The van der Waals surface area contributed by atoms with E-state index in [4.69, 9.17) is 24.3 Å². The van der Waals surface area contributed by atoms with Gasteiger partial charge in [-0.15, -0.1) is 0 Å². The third kappa shape index (κ3) is 10.3. The average Bonchev–Trinajstić information content (AvgIpc) is 1.26. The summed E-state index contributed by atoms with van der Waals surface area (Å²) < 4.78 is 17.7. The first-order chi connectivity index (χ1) is 47.0. The highest BCUT2D eigenvalue weighted by Crippen LogP contribution is 2.45. The molecule has 12 aromatic carbocycles. The van der Waals surface area contributed by atoms with Gasteiger partial charge in [-0.2, -0.15) is 0 Å². The Balaban J connectivity index is 0.000000119. The predicted molar refractivity (Wildman–Crippen MR) is 403 cm³/mol. The zero-order valence-electron chi connectivity index (χ0n) is 53.3. The molecule has 6 aromatic heterocycles. The number of benzene rings is 12. The first-order valence-corrected chi connectivity index (χ1v) is 33.3. The molecule has 1 fully saturated rings. The van der Waals surface area contributed by atoms with Gasteiger partial charge in [-0.1, -0.05) is 246 Å². The minimum absolute atomic E-state index is 0.369. The van der Waals surface area contributed by atoms with Crippen LogP contribution in [-0.4, -0.2) is 47.1 Å². The molecular weight excluding hydrogens is 1240 g/mol. The third-order valence-corrected chi connectivity index (χ3v) is 19.9. The summed E-state index contributed by atoms with van der Waals surface area (Å²) in [6, 6.07) is 98.2. The minimum atomic E-state index is -0.384. The smallest absolute Gasteiger partial charge is 0.399 e. The van der Waals surface area contributed by atoms with Crippen molar-refractivity contribution in [2.75, 3.05) is 0 Å². The molecule has 1 saturated heterocycles. The van der Waals surface area contributed by atoms with Gasteiger partial charge in [-0.05, 0) is 136 Å². The van der Waals surface area contributed by atoms with Gasteiger partial charge in [0.25, 0.3) is 0 Å². The van der Waals surface area contributed by atoms with Crippen LogP contribution in [0.3, 0.4) is 0 Å². The van der Waals surface area contributed by atoms with Gasteiger partial charge in [-0.3, -0.25) is 0 Å². The zero-order chi connectivity index (χ0) is 64.7. The van der Waals surface area contributed by atoms with Gasteiger partial charge in [0.15, 0.2) is 0 Å². The quantitative estimate of drug-likeness (QED) is 0.122. The number of halogens is 1. The Labute approximate surface area is 564 Å². The number of hydrogen-bond donors (Lipinski definition) is 0. The summed E-state index contributed by atoms with van der Waals surface area (Å²) in [5.74, 6) is 0. The second-order valence-electron chi connectivity index (χ2n) is 25.7. The Morgan fingerprint density at radius 3 is 1.01 bits per heavy atom. The van der Waals surface area contributed by atoms with Crippen LogP contribution in [0, 0.1) is 0 Å². The SMILES string of the molecule is Brc1ccc(-c2cn3ccccc3n2)cc1.CC1(C)OB(c2ccc(-c3nc4ccccc4c4c5ccccc5c5ccccc5c34)cc2)OC1(C)C.c1ccc2c(c1)nc(-c1ccc(-c3ccc(-c4cn5ccccc5n4)cc3)cc1)c1c3ccccc3c3ccccc3c21. The van der Waals surface area contributed by atoms with Crippen LogP contribution in [-0.2, 0) is 9.31 Å². The molecule has 0 spiro atoms. The van der Waals surface area contributed by atoms with Crippen molar-refractivity contribution >= 4 is 126 Å². The molecule has 458 valence electrons. The molecule has 1 aliphatic rings. The minimum Gasteiger partial charge on any atom is -0.399 e. The molecule has 1 aliphatic heterocycles. The van der Waals surface area contributed by atoms with Crippen LogP contribution in [0.15, 0.2) is 308 Å². The summed E-state index contributed by atoms with van der Waals surface area (Å²) in [6.07, 6.45) is 8.15. The number of hydrogen-bond acceptors (Lipinski definition) is 6. The summed E-state index contributed by atoms with van der Waals surface area (Å²) in [7, 11) is -0.384. The van der Waals surface area contributed by atoms with E-state index in [1.807, 2.05) is 71.5 Å². The maximum Gasteiger partial charge on any atom is 0.494 e. The lowest BCUT2D eigenvalue weighted by Crippen LogP contribution is -2.41. The number of imidazole rings is 2. The van der Waals surface area contributed by atoms with E-state index in [9.17, 15) is 0 Å². The van der Waals surface area contributed by atoms with Crippen molar-refractivity contribution in [3.8, 4) is 56.2 Å². The van der Waals surface area contributed by atoms with Crippen LogP contribution in [0.5, 0.6) is 0 Å². The number of aromatic nitrogens is 6. The maximum atomic E-state index is 6.29. The molecule has 0 N–H and O–H groups in total. The van der Waals surface area contributed by atoms with Crippen LogP contribution >= 0.6 is 15.9 Å². The molecule has 0 atom stereocenters. The van der Waals surface area contributed by atoms with E-state index in [1.165, 1.54) is 86.5 Å². The average molecular weight is 1300 g/mol. The van der Waals surface area contributed by atoms with Crippen molar-refractivity contribution in [2.24, 2.45) is 0 Å². The van der Waals surface area contributed by atoms with Crippen molar-refractivity contribution in [3.05, 3.63) is 308 Å². The van der Waals surface area contributed by atoms with E-state index in [0.717, 1.165) is 77.3 Å². The highest BCUT2D eigenvalue weighted by molar-refractivity contribution is 9.10. The monoisotopic (exact) mass is 1300 g/mol. The van der Waals surface area contributed by atoms with E-state index in [-0.39, 0.29) is 18.3 Å². The Morgan fingerprint density at radius 1 is 0.302 bits per heavy atom. The Bertz CT molecular complexity index is 5960. The molecule has 0 aliphatic carbocycles. The van der Waals surface area contributed by atoms with Gasteiger partial charge in [0.1, 0.15) is 11.3 Å². The number of pyridine rings is 4. The van der Waals surface area contributed by atoms with E-state index >= 15 is 0 Å². The van der Waals surface area contributed by atoms with Crippen LogP contribution in [0.2, 0.25) is 0 Å². The first-order valence-electron chi connectivity index (χ1n) is 32.5.